The quantitative estimate of drug-likeness (QED) is 0.383. The second kappa shape index (κ2) is 13.4. The molecule has 0 atom stereocenters. The molecule has 1 aliphatic rings. The van der Waals surface area contributed by atoms with Crippen LogP contribution in [0.15, 0.2) is 0 Å². The van der Waals surface area contributed by atoms with E-state index in [2.05, 4.69) is 19.2 Å². The van der Waals surface area contributed by atoms with Gasteiger partial charge in [-0.3, -0.25) is 0 Å². The fourth-order valence-corrected chi connectivity index (χ4v) is 3.53. The van der Waals surface area contributed by atoms with Gasteiger partial charge < -0.3 is 10.1 Å². The Morgan fingerprint density at radius 3 is 1.77 bits per heavy atom. The average Bonchev–Trinajstić information content (AvgIpc) is 2.49. The molecule has 2 nitrogen and oxygen atoms in total. The second-order valence-corrected chi connectivity index (χ2v) is 7.30. The van der Waals surface area contributed by atoms with E-state index in [4.69, 9.17) is 4.74 Å². The molecule has 22 heavy (non-hydrogen) atoms. The van der Waals surface area contributed by atoms with Crippen LogP contribution in [0.5, 0.6) is 0 Å². The molecule has 0 unspecified atom stereocenters. The van der Waals surface area contributed by atoms with E-state index in [0.29, 0.717) is 6.10 Å². The number of hydrogen-bond donors (Lipinski definition) is 1. The number of methoxy groups -OCH3 is 1. The van der Waals surface area contributed by atoms with E-state index in [0.717, 1.165) is 12.1 Å². The number of ether oxygens (including phenoxy) is 1. The van der Waals surface area contributed by atoms with Crippen molar-refractivity contribution in [1.82, 2.24) is 5.32 Å². The van der Waals surface area contributed by atoms with Crippen molar-refractivity contribution in [2.45, 2.75) is 122 Å². The van der Waals surface area contributed by atoms with Gasteiger partial charge in [0.05, 0.1) is 6.10 Å². The van der Waals surface area contributed by atoms with Gasteiger partial charge in [0.2, 0.25) is 0 Å². The fraction of sp³-hybridized carbons (Fsp3) is 1.00. The molecule has 0 aromatic carbocycles. The molecular weight excluding hydrogens is 270 g/mol. The van der Waals surface area contributed by atoms with Crippen LogP contribution in [0.25, 0.3) is 0 Å². The van der Waals surface area contributed by atoms with Gasteiger partial charge in [-0.25, -0.2) is 0 Å². The van der Waals surface area contributed by atoms with E-state index in [1.54, 1.807) is 0 Å². The predicted octanol–water partition coefficient (Wildman–Crippen LogP) is 5.84. The van der Waals surface area contributed by atoms with Crippen molar-refractivity contribution < 1.29 is 4.74 Å². The molecule has 0 aromatic rings. The molecule has 1 rings (SSSR count). The summed E-state index contributed by atoms with van der Waals surface area (Å²) in [6, 6.07) is 1.48. The van der Waals surface area contributed by atoms with Crippen LogP contribution in [0, 0.1) is 0 Å². The Bertz CT molecular complexity index is 224. The lowest BCUT2D eigenvalue weighted by atomic mass is 9.87. The highest BCUT2D eigenvalue weighted by atomic mass is 16.5. The zero-order chi connectivity index (χ0) is 16.0. The molecule has 1 fully saturated rings. The highest BCUT2D eigenvalue weighted by Gasteiger charge is 2.30. The van der Waals surface area contributed by atoms with Crippen LogP contribution < -0.4 is 5.32 Å². The van der Waals surface area contributed by atoms with Crippen LogP contribution in [-0.4, -0.2) is 25.3 Å². The van der Waals surface area contributed by atoms with E-state index in [1.165, 1.54) is 89.9 Å². The number of rotatable bonds is 15. The van der Waals surface area contributed by atoms with E-state index in [-0.39, 0.29) is 0 Å². The summed E-state index contributed by atoms with van der Waals surface area (Å²) in [4.78, 5) is 0. The monoisotopic (exact) mass is 311 g/mol. The fourth-order valence-electron chi connectivity index (χ4n) is 3.53. The standard InChI is InChI=1S/C20H41NO/c1-4-6-8-10-12-14-18(15-13-11-9-7-5-2)21-19-16-20(17-19)22-3/h18-21H,4-17H2,1-3H3. The Morgan fingerprint density at radius 1 is 0.818 bits per heavy atom. The maximum atomic E-state index is 5.41. The zero-order valence-electron chi connectivity index (χ0n) is 15.5. The molecule has 0 amide bonds. The zero-order valence-corrected chi connectivity index (χ0v) is 15.5. The summed E-state index contributed by atoms with van der Waals surface area (Å²) in [6.07, 6.45) is 19.8. The van der Waals surface area contributed by atoms with Gasteiger partial charge in [-0.2, -0.15) is 0 Å². The first-order valence-electron chi connectivity index (χ1n) is 10.1. The molecule has 2 heteroatoms. The minimum atomic E-state index is 0.521. The highest BCUT2D eigenvalue weighted by Crippen LogP contribution is 2.24. The number of hydrogen-bond acceptors (Lipinski definition) is 2. The summed E-state index contributed by atoms with van der Waals surface area (Å²) < 4.78 is 5.41. The van der Waals surface area contributed by atoms with Gasteiger partial charge >= 0.3 is 0 Å². The largest absolute Gasteiger partial charge is 0.381 e. The van der Waals surface area contributed by atoms with Gasteiger partial charge in [-0.05, 0) is 25.7 Å². The van der Waals surface area contributed by atoms with Gasteiger partial charge in [0.15, 0.2) is 0 Å². The lowest BCUT2D eigenvalue weighted by Crippen LogP contribution is -2.49. The van der Waals surface area contributed by atoms with Crippen LogP contribution in [0.4, 0.5) is 0 Å². The molecular formula is C20H41NO. The predicted molar refractivity (Wildman–Crippen MR) is 97.5 cm³/mol. The molecule has 1 N–H and O–H groups in total. The van der Waals surface area contributed by atoms with Gasteiger partial charge in [-0.15, -0.1) is 0 Å². The lowest BCUT2D eigenvalue weighted by Gasteiger charge is -2.37. The Hall–Kier alpha value is -0.0800. The summed E-state index contributed by atoms with van der Waals surface area (Å²) in [5.74, 6) is 0. The third-order valence-electron chi connectivity index (χ3n) is 5.21. The number of unbranched alkanes of at least 4 members (excludes halogenated alkanes) is 8. The van der Waals surface area contributed by atoms with Crippen molar-refractivity contribution in [2.75, 3.05) is 7.11 Å². The van der Waals surface area contributed by atoms with Crippen LogP contribution >= 0.6 is 0 Å². The molecule has 0 bridgehead atoms. The van der Waals surface area contributed by atoms with E-state index >= 15 is 0 Å². The van der Waals surface area contributed by atoms with Crippen molar-refractivity contribution in [3.63, 3.8) is 0 Å². The molecule has 0 saturated heterocycles. The average molecular weight is 312 g/mol. The summed E-state index contributed by atoms with van der Waals surface area (Å²) >= 11 is 0. The van der Waals surface area contributed by atoms with Crippen LogP contribution in [0.2, 0.25) is 0 Å². The van der Waals surface area contributed by atoms with Crippen LogP contribution in [0.1, 0.15) is 104 Å². The summed E-state index contributed by atoms with van der Waals surface area (Å²) in [5, 5.41) is 3.92. The third-order valence-corrected chi connectivity index (χ3v) is 5.21. The van der Waals surface area contributed by atoms with Crippen molar-refractivity contribution >= 4 is 0 Å². The SMILES string of the molecule is CCCCCCCC(CCCCCCC)NC1CC(OC)C1. The first-order valence-corrected chi connectivity index (χ1v) is 10.1. The smallest absolute Gasteiger partial charge is 0.0601 e. The minimum absolute atomic E-state index is 0.521. The summed E-state index contributed by atoms with van der Waals surface area (Å²) in [6.45, 7) is 4.59. The van der Waals surface area contributed by atoms with Gasteiger partial charge in [0.1, 0.15) is 0 Å². The molecule has 132 valence electrons. The summed E-state index contributed by atoms with van der Waals surface area (Å²) in [5.41, 5.74) is 0. The van der Waals surface area contributed by atoms with Gasteiger partial charge in [0, 0.05) is 19.2 Å². The topological polar surface area (TPSA) is 21.3 Å². The minimum Gasteiger partial charge on any atom is -0.381 e. The third kappa shape index (κ3) is 9.15. The maximum Gasteiger partial charge on any atom is 0.0601 e. The van der Waals surface area contributed by atoms with E-state index in [1.807, 2.05) is 7.11 Å². The van der Waals surface area contributed by atoms with E-state index < -0.39 is 0 Å². The van der Waals surface area contributed by atoms with E-state index in [9.17, 15) is 0 Å². The molecule has 0 aliphatic heterocycles. The van der Waals surface area contributed by atoms with Gasteiger partial charge in [-0.1, -0.05) is 78.1 Å². The maximum absolute atomic E-state index is 5.41. The molecule has 0 heterocycles. The summed E-state index contributed by atoms with van der Waals surface area (Å²) in [7, 11) is 1.85. The Labute approximate surface area is 139 Å². The molecule has 1 saturated carbocycles. The number of nitrogens with one attached hydrogen (secondary N) is 1. The Kier molecular flexibility index (Phi) is 12.1. The lowest BCUT2D eigenvalue weighted by molar-refractivity contribution is 0.0134. The van der Waals surface area contributed by atoms with Crippen LogP contribution in [-0.2, 0) is 4.74 Å². The van der Waals surface area contributed by atoms with Crippen molar-refractivity contribution in [3.8, 4) is 0 Å². The van der Waals surface area contributed by atoms with Crippen molar-refractivity contribution in [1.29, 1.82) is 0 Å². The van der Waals surface area contributed by atoms with Crippen LogP contribution in [0.3, 0.4) is 0 Å². The first kappa shape index (κ1) is 20.0. The van der Waals surface area contributed by atoms with Crippen molar-refractivity contribution in [2.24, 2.45) is 0 Å². The Morgan fingerprint density at radius 2 is 1.32 bits per heavy atom. The molecule has 0 aromatic heterocycles. The van der Waals surface area contributed by atoms with Crippen molar-refractivity contribution in [3.05, 3.63) is 0 Å². The molecule has 1 aliphatic carbocycles. The first-order chi connectivity index (χ1) is 10.8. The second-order valence-electron chi connectivity index (χ2n) is 7.30. The molecule has 0 radical (unpaired) electrons. The normalized spacial score (nSPS) is 21.3. The highest BCUT2D eigenvalue weighted by molar-refractivity contribution is 4.88. The van der Waals surface area contributed by atoms with Gasteiger partial charge in [0.25, 0.3) is 0 Å². The Balaban J connectivity index is 2.14. The molecule has 0 spiro atoms.